The van der Waals surface area contributed by atoms with Gasteiger partial charge in [0.15, 0.2) is 0 Å². The molecule has 0 amide bonds. The van der Waals surface area contributed by atoms with Gasteiger partial charge in [-0.3, -0.25) is 10.1 Å². The molecular weight excluding hydrogens is 186 g/mol. The van der Waals surface area contributed by atoms with Crippen LogP contribution in [0.5, 0.6) is 0 Å². The molecule has 0 saturated carbocycles. The molecule has 0 aliphatic carbocycles. The van der Waals surface area contributed by atoms with Crippen molar-refractivity contribution in [2.45, 2.75) is 6.61 Å². The number of benzene rings is 1. The van der Waals surface area contributed by atoms with Gasteiger partial charge >= 0.3 is 5.97 Å². The summed E-state index contributed by atoms with van der Waals surface area (Å²) in [7, 11) is 0. The molecule has 0 atom stereocenters. The Morgan fingerprint density at radius 3 is 2.57 bits per heavy atom. The average Bonchev–Trinajstić information content (AvgIpc) is 2.15. The Kier molecular flexibility index (Phi) is 3.60. The number of ether oxygens (including phenoxy) is 1. The molecule has 5 nitrogen and oxygen atoms in total. The first kappa shape index (κ1) is 10.2. The molecule has 0 unspecified atom stereocenters. The predicted molar refractivity (Wildman–Crippen MR) is 48.1 cm³/mol. The van der Waals surface area contributed by atoms with Crippen molar-refractivity contribution >= 4 is 5.97 Å². The van der Waals surface area contributed by atoms with Crippen molar-refractivity contribution in [3.63, 3.8) is 0 Å². The molecule has 1 rings (SSSR count). The number of hydrogen-bond donors (Lipinski definition) is 0. The van der Waals surface area contributed by atoms with E-state index in [9.17, 15) is 14.9 Å². The Hall–Kier alpha value is -1.91. The molecule has 0 N–H and O–H groups in total. The molecule has 5 heteroatoms. The number of nitrogens with zero attached hydrogens (tertiary/aromatic N) is 1. The first-order chi connectivity index (χ1) is 6.68. The molecular formula is C9H9NO4. The van der Waals surface area contributed by atoms with E-state index in [2.05, 4.69) is 4.74 Å². The second kappa shape index (κ2) is 4.96. The summed E-state index contributed by atoms with van der Waals surface area (Å²) in [6, 6.07) is 8.99. The van der Waals surface area contributed by atoms with E-state index in [1.807, 2.05) is 6.07 Å². The quantitative estimate of drug-likeness (QED) is 0.408. The number of rotatable bonds is 4. The van der Waals surface area contributed by atoms with E-state index in [1.165, 1.54) is 0 Å². The topological polar surface area (TPSA) is 69.4 Å². The zero-order chi connectivity index (χ0) is 10.4. The lowest BCUT2D eigenvalue weighted by Gasteiger charge is -2.01. The Bertz CT molecular complexity index is 323. The highest BCUT2D eigenvalue weighted by Crippen LogP contribution is 2.00. The van der Waals surface area contributed by atoms with E-state index in [4.69, 9.17) is 0 Å². The van der Waals surface area contributed by atoms with Crippen molar-refractivity contribution in [2.24, 2.45) is 0 Å². The van der Waals surface area contributed by atoms with Crippen LogP contribution in [-0.4, -0.2) is 17.4 Å². The van der Waals surface area contributed by atoms with Gasteiger partial charge in [-0.25, -0.2) is 4.79 Å². The van der Waals surface area contributed by atoms with Gasteiger partial charge in [0.25, 0.3) is 6.54 Å². The van der Waals surface area contributed by atoms with E-state index in [-0.39, 0.29) is 6.61 Å². The Labute approximate surface area is 80.5 Å². The van der Waals surface area contributed by atoms with Gasteiger partial charge in [0.05, 0.1) is 0 Å². The first-order valence-electron chi connectivity index (χ1n) is 4.00. The van der Waals surface area contributed by atoms with Crippen molar-refractivity contribution in [1.82, 2.24) is 0 Å². The molecule has 1 aromatic rings. The zero-order valence-corrected chi connectivity index (χ0v) is 7.38. The lowest BCUT2D eigenvalue weighted by molar-refractivity contribution is -0.470. The first-order valence-corrected chi connectivity index (χ1v) is 4.00. The van der Waals surface area contributed by atoms with Crippen LogP contribution < -0.4 is 0 Å². The fourth-order valence-corrected chi connectivity index (χ4v) is 0.889. The van der Waals surface area contributed by atoms with Crippen LogP contribution >= 0.6 is 0 Å². The van der Waals surface area contributed by atoms with Gasteiger partial charge < -0.3 is 4.74 Å². The summed E-state index contributed by atoms with van der Waals surface area (Å²) in [5.41, 5.74) is 0.809. The standard InChI is InChI=1S/C9H9NO4/c11-9(6-10(12)13)14-7-8-4-2-1-3-5-8/h1-5H,6-7H2. The van der Waals surface area contributed by atoms with Crippen LogP contribution in [0.2, 0.25) is 0 Å². The van der Waals surface area contributed by atoms with E-state index in [0.29, 0.717) is 0 Å². The van der Waals surface area contributed by atoms with Crippen LogP contribution in [0.4, 0.5) is 0 Å². The molecule has 0 spiro atoms. The minimum atomic E-state index is -0.821. The monoisotopic (exact) mass is 195 g/mol. The molecule has 1 aromatic carbocycles. The maximum Gasteiger partial charge on any atom is 0.378 e. The predicted octanol–water partition coefficient (Wildman–Crippen LogP) is 1.01. The number of esters is 1. The molecule has 0 heterocycles. The van der Waals surface area contributed by atoms with Crippen LogP contribution in [0.25, 0.3) is 0 Å². The minimum absolute atomic E-state index is 0.0769. The van der Waals surface area contributed by atoms with Crippen LogP contribution in [0.15, 0.2) is 30.3 Å². The Balaban J connectivity index is 2.34. The summed E-state index contributed by atoms with van der Waals surface area (Å²) in [5, 5.41) is 9.93. The van der Waals surface area contributed by atoms with E-state index in [1.54, 1.807) is 24.3 Å². The van der Waals surface area contributed by atoms with Crippen molar-refractivity contribution in [3.8, 4) is 0 Å². The van der Waals surface area contributed by atoms with Gasteiger partial charge in [-0.15, -0.1) is 0 Å². The molecule has 0 aliphatic heterocycles. The van der Waals surface area contributed by atoms with E-state index < -0.39 is 17.4 Å². The van der Waals surface area contributed by atoms with Crippen molar-refractivity contribution in [1.29, 1.82) is 0 Å². The lowest BCUT2D eigenvalue weighted by Crippen LogP contribution is -2.16. The van der Waals surface area contributed by atoms with Crippen molar-refractivity contribution < 1.29 is 14.5 Å². The normalized spacial score (nSPS) is 9.43. The van der Waals surface area contributed by atoms with Crippen LogP contribution in [0.1, 0.15) is 5.56 Å². The average molecular weight is 195 g/mol. The number of carbonyl (C=O) groups is 1. The van der Waals surface area contributed by atoms with Gasteiger partial charge in [0.1, 0.15) is 6.61 Å². The van der Waals surface area contributed by atoms with Gasteiger partial charge in [-0.05, 0) is 5.56 Å². The summed E-state index contributed by atoms with van der Waals surface area (Å²) < 4.78 is 4.66. The maximum absolute atomic E-state index is 10.8. The number of nitro groups is 1. The maximum atomic E-state index is 10.8. The zero-order valence-electron chi connectivity index (χ0n) is 7.38. The summed E-state index contributed by atoms with van der Waals surface area (Å²) in [4.78, 5) is 20.0. The molecule has 0 aromatic heterocycles. The second-order valence-electron chi connectivity index (χ2n) is 2.64. The van der Waals surface area contributed by atoms with E-state index in [0.717, 1.165) is 5.56 Å². The Morgan fingerprint density at radius 1 is 1.36 bits per heavy atom. The van der Waals surface area contributed by atoms with E-state index >= 15 is 0 Å². The third kappa shape index (κ3) is 3.66. The summed E-state index contributed by atoms with van der Waals surface area (Å²) in [5.74, 6) is -0.821. The fraction of sp³-hybridized carbons (Fsp3) is 0.222. The smallest absolute Gasteiger partial charge is 0.378 e. The summed E-state index contributed by atoms with van der Waals surface area (Å²) in [6.07, 6.45) is 0. The second-order valence-corrected chi connectivity index (χ2v) is 2.64. The summed E-state index contributed by atoms with van der Waals surface area (Å²) >= 11 is 0. The molecule has 0 radical (unpaired) electrons. The fourth-order valence-electron chi connectivity index (χ4n) is 0.889. The number of hydrogen-bond acceptors (Lipinski definition) is 4. The van der Waals surface area contributed by atoms with Crippen LogP contribution in [0, 0.1) is 10.1 Å². The molecule has 0 bridgehead atoms. The minimum Gasteiger partial charge on any atom is -0.456 e. The highest BCUT2D eigenvalue weighted by atomic mass is 16.6. The lowest BCUT2D eigenvalue weighted by atomic mass is 10.2. The van der Waals surface area contributed by atoms with Crippen LogP contribution in [-0.2, 0) is 16.1 Å². The molecule has 0 fully saturated rings. The summed E-state index contributed by atoms with van der Waals surface area (Å²) in [6.45, 7) is -0.708. The third-order valence-electron chi connectivity index (χ3n) is 1.50. The van der Waals surface area contributed by atoms with Crippen molar-refractivity contribution in [2.75, 3.05) is 6.54 Å². The van der Waals surface area contributed by atoms with Gasteiger partial charge in [0, 0.05) is 4.92 Å². The van der Waals surface area contributed by atoms with Gasteiger partial charge in [-0.1, -0.05) is 30.3 Å². The van der Waals surface area contributed by atoms with Gasteiger partial charge in [-0.2, -0.15) is 0 Å². The molecule has 0 aliphatic rings. The van der Waals surface area contributed by atoms with Crippen LogP contribution in [0.3, 0.4) is 0 Å². The largest absolute Gasteiger partial charge is 0.456 e. The van der Waals surface area contributed by atoms with Crippen molar-refractivity contribution in [3.05, 3.63) is 46.0 Å². The number of carbonyl (C=O) groups excluding carboxylic acids is 1. The third-order valence-corrected chi connectivity index (χ3v) is 1.50. The Morgan fingerprint density at radius 2 is 2.00 bits per heavy atom. The molecule has 14 heavy (non-hydrogen) atoms. The highest BCUT2D eigenvalue weighted by molar-refractivity contribution is 5.70. The SMILES string of the molecule is O=C(C[N+](=O)[O-])OCc1ccccc1. The van der Waals surface area contributed by atoms with Gasteiger partial charge in [0.2, 0.25) is 0 Å². The highest BCUT2D eigenvalue weighted by Gasteiger charge is 2.10. The molecule has 0 saturated heterocycles. The molecule has 74 valence electrons.